The van der Waals surface area contributed by atoms with E-state index in [1.807, 2.05) is 12.1 Å². The van der Waals surface area contributed by atoms with E-state index in [0.717, 1.165) is 9.13 Å². The molecule has 62 valence electrons. The number of halogens is 3. The highest BCUT2D eigenvalue weighted by Crippen LogP contribution is 2.30. The third-order valence-corrected chi connectivity index (χ3v) is 3.50. The number of hydrogen-bond acceptors (Lipinski definition) is 0. The molecule has 1 rings (SSSR count). The minimum absolute atomic E-state index is 0.287. The van der Waals surface area contributed by atoms with Gasteiger partial charge in [-0.05, 0) is 34.7 Å². The average Bonchev–Trinajstić information content (AvgIpc) is 2.07. The van der Waals surface area contributed by atoms with Gasteiger partial charge in [-0.1, -0.05) is 23.2 Å². The summed E-state index contributed by atoms with van der Waals surface area (Å²) in [6.07, 6.45) is 0. The smallest absolute Gasteiger partial charge is 0.241 e. The molecule has 4 heteroatoms. The first-order valence-electron chi connectivity index (χ1n) is 3.12. The van der Waals surface area contributed by atoms with Crippen LogP contribution in [-0.4, -0.2) is 0 Å². The molecule has 0 heterocycles. The van der Waals surface area contributed by atoms with Crippen LogP contribution in [0, 0.1) is 10.1 Å². The first kappa shape index (κ1) is 10.1. The van der Waals surface area contributed by atoms with Gasteiger partial charge in [0.2, 0.25) is 6.54 Å². The maximum atomic E-state index is 6.68. The molecule has 0 fully saturated rings. The van der Waals surface area contributed by atoms with Gasteiger partial charge in [0.25, 0.3) is 0 Å². The van der Waals surface area contributed by atoms with E-state index in [1.165, 1.54) is 0 Å². The molecule has 0 amide bonds. The summed E-state index contributed by atoms with van der Waals surface area (Å²) in [6, 6.07) is 3.68. The van der Waals surface area contributed by atoms with Gasteiger partial charge < -0.3 is 4.85 Å². The van der Waals surface area contributed by atoms with Crippen LogP contribution in [0.5, 0.6) is 0 Å². The zero-order valence-electron chi connectivity index (χ0n) is 5.94. The van der Waals surface area contributed by atoms with E-state index in [9.17, 15) is 0 Å². The van der Waals surface area contributed by atoms with Gasteiger partial charge in [0.05, 0.1) is 15.6 Å². The monoisotopic (exact) mass is 311 g/mol. The predicted molar refractivity (Wildman–Crippen MR) is 59.5 cm³/mol. The Morgan fingerprint density at radius 3 is 2.58 bits per heavy atom. The van der Waals surface area contributed by atoms with Crippen molar-refractivity contribution in [2.45, 2.75) is 6.54 Å². The Bertz CT molecular complexity index is 344. The summed E-state index contributed by atoms with van der Waals surface area (Å²) in [5, 5.41) is 1.04. The maximum Gasteiger partial charge on any atom is 0.241 e. The quantitative estimate of drug-likeness (QED) is 0.419. The fourth-order valence-corrected chi connectivity index (χ4v) is 1.79. The summed E-state index contributed by atoms with van der Waals surface area (Å²) >= 11 is 13.9. The average molecular weight is 312 g/mol. The molecule has 12 heavy (non-hydrogen) atoms. The standard InChI is InChI=1S/C8H4Cl2IN/c1-12-4-5-2-3-6(11)8(10)7(5)9/h2-3H,4H2. The van der Waals surface area contributed by atoms with Crippen molar-refractivity contribution < 1.29 is 0 Å². The highest BCUT2D eigenvalue weighted by Gasteiger charge is 2.09. The Balaban J connectivity index is 3.19. The SMILES string of the molecule is [C-]#[N+]Cc1ccc(I)c(Cl)c1Cl. The normalized spacial score (nSPS) is 9.50. The van der Waals surface area contributed by atoms with Crippen LogP contribution in [0.3, 0.4) is 0 Å². The highest BCUT2D eigenvalue weighted by molar-refractivity contribution is 14.1. The number of rotatable bonds is 1. The van der Waals surface area contributed by atoms with E-state index >= 15 is 0 Å². The van der Waals surface area contributed by atoms with Crippen molar-refractivity contribution >= 4 is 45.8 Å². The van der Waals surface area contributed by atoms with Gasteiger partial charge in [0.1, 0.15) is 0 Å². The van der Waals surface area contributed by atoms with Crippen LogP contribution in [0.4, 0.5) is 0 Å². The molecule has 0 aliphatic heterocycles. The second-order valence-electron chi connectivity index (χ2n) is 2.15. The van der Waals surface area contributed by atoms with E-state index in [0.29, 0.717) is 10.0 Å². The summed E-state index contributed by atoms with van der Waals surface area (Å²) in [5.74, 6) is 0. The van der Waals surface area contributed by atoms with Gasteiger partial charge in [-0.2, -0.15) is 0 Å². The lowest BCUT2D eigenvalue weighted by Crippen LogP contribution is -1.84. The van der Waals surface area contributed by atoms with E-state index in [-0.39, 0.29) is 6.54 Å². The van der Waals surface area contributed by atoms with Crippen molar-refractivity contribution in [3.63, 3.8) is 0 Å². The molecule has 0 saturated carbocycles. The maximum absolute atomic E-state index is 6.68. The molecule has 0 aliphatic rings. The van der Waals surface area contributed by atoms with E-state index in [4.69, 9.17) is 29.8 Å². The molecule has 0 saturated heterocycles. The molecule has 1 nitrogen and oxygen atoms in total. The van der Waals surface area contributed by atoms with Gasteiger partial charge in [0, 0.05) is 3.57 Å². The Labute approximate surface area is 94.6 Å². The van der Waals surface area contributed by atoms with Crippen molar-refractivity contribution in [3.8, 4) is 0 Å². The molecule has 0 atom stereocenters. The Morgan fingerprint density at radius 1 is 1.33 bits per heavy atom. The van der Waals surface area contributed by atoms with Crippen LogP contribution < -0.4 is 0 Å². The molecule has 1 aromatic rings. The van der Waals surface area contributed by atoms with E-state index < -0.39 is 0 Å². The van der Waals surface area contributed by atoms with Crippen LogP contribution in [0.15, 0.2) is 12.1 Å². The van der Waals surface area contributed by atoms with Crippen LogP contribution >= 0.6 is 45.8 Å². The summed E-state index contributed by atoms with van der Waals surface area (Å²) in [6.45, 7) is 6.97. The number of nitrogens with zero attached hydrogens (tertiary/aromatic N) is 1. The number of hydrogen-bond donors (Lipinski definition) is 0. The molecule has 0 bridgehead atoms. The van der Waals surface area contributed by atoms with Crippen molar-refractivity contribution in [1.82, 2.24) is 0 Å². The molecule has 0 aliphatic carbocycles. The zero-order chi connectivity index (χ0) is 9.14. The second-order valence-corrected chi connectivity index (χ2v) is 4.07. The zero-order valence-corrected chi connectivity index (χ0v) is 9.61. The topological polar surface area (TPSA) is 4.36 Å². The van der Waals surface area contributed by atoms with Crippen molar-refractivity contribution in [2.75, 3.05) is 0 Å². The number of benzene rings is 1. The van der Waals surface area contributed by atoms with Gasteiger partial charge in [-0.3, -0.25) is 0 Å². The van der Waals surface area contributed by atoms with E-state index in [1.54, 1.807) is 0 Å². The van der Waals surface area contributed by atoms with Crippen LogP contribution in [0.25, 0.3) is 4.85 Å². The summed E-state index contributed by atoms with van der Waals surface area (Å²) in [5.41, 5.74) is 0.789. The molecule has 0 N–H and O–H groups in total. The first-order valence-corrected chi connectivity index (χ1v) is 4.96. The largest absolute Gasteiger partial charge is 0.312 e. The van der Waals surface area contributed by atoms with Crippen LogP contribution in [-0.2, 0) is 6.54 Å². The molecular formula is C8H4Cl2IN. The first-order chi connectivity index (χ1) is 5.66. The second kappa shape index (κ2) is 4.31. The third kappa shape index (κ3) is 2.03. The Morgan fingerprint density at radius 2 is 2.00 bits per heavy atom. The van der Waals surface area contributed by atoms with Gasteiger partial charge in [0.15, 0.2) is 0 Å². The predicted octanol–water partition coefficient (Wildman–Crippen LogP) is 4.02. The van der Waals surface area contributed by atoms with Crippen molar-refractivity contribution in [1.29, 1.82) is 0 Å². The highest BCUT2D eigenvalue weighted by atomic mass is 127. The molecule has 0 spiro atoms. The lowest BCUT2D eigenvalue weighted by Gasteiger charge is -2.01. The summed E-state index contributed by atoms with van der Waals surface area (Å²) in [7, 11) is 0. The minimum Gasteiger partial charge on any atom is -0.312 e. The van der Waals surface area contributed by atoms with Crippen LogP contribution in [0.1, 0.15) is 5.56 Å². The van der Waals surface area contributed by atoms with E-state index in [2.05, 4.69) is 27.4 Å². The van der Waals surface area contributed by atoms with Gasteiger partial charge in [-0.15, -0.1) is 0 Å². The van der Waals surface area contributed by atoms with Crippen LogP contribution in [0.2, 0.25) is 10.0 Å². The summed E-state index contributed by atoms with van der Waals surface area (Å²) in [4.78, 5) is 3.24. The fraction of sp³-hybridized carbons (Fsp3) is 0.125. The molecule has 0 aromatic heterocycles. The Kier molecular flexibility index (Phi) is 3.63. The minimum atomic E-state index is 0.287. The van der Waals surface area contributed by atoms with Gasteiger partial charge >= 0.3 is 0 Å². The van der Waals surface area contributed by atoms with Crippen molar-refractivity contribution in [2.24, 2.45) is 0 Å². The third-order valence-electron chi connectivity index (χ3n) is 1.36. The molecule has 0 unspecified atom stereocenters. The molecular weight excluding hydrogens is 308 g/mol. The van der Waals surface area contributed by atoms with Crippen molar-refractivity contribution in [3.05, 3.63) is 42.7 Å². The lowest BCUT2D eigenvalue weighted by molar-refractivity contribution is 1.26. The molecule has 0 radical (unpaired) electrons. The van der Waals surface area contributed by atoms with Gasteiger partial charge in [-0.25, -0.2) is 6.57 Å². The summed E-state index contributed by atoms with van der Waals surface area (Å²) < 4.78 is 0.910. The Hall–Kier alpha value is 0.0200. The molecule has 1 aromatic carbocycles. The lowest BCUT2D eigenvalue weighted by atomic mass is 10.2. The fourth-order valence-electron chi connectivity index (χ4n) is 0.773.